The molecule has 0 atom stereocenters. The zero-order chi connectivity index (χ0) is 11.4. The van der Waals surface area contributed by atoms with Gasteiger partial charge in [-0.15, -0.1) is 0 Å². The first-order valence-electron chi connectivity index (χ1n) is 4.64. The molecule has 0 spiro atoms. The van der Waals surface area contributed by atoms with Crippen LogP contribution in [0.5, 0.6) is 0 Å². The van der Waals surface area contributed by atoms with E-state index in [4.69, 9.17) is 5.53 Å². The third-order valence-electron chi connectivity index (χ3n) is 2.11. The Hall–Kier alpha value is -1.98. The largest absolute Gasteiger partial charge is 0.295 e. The highest BCUT2D eigenvalue weighted by molar-refractivity contribution is 7.08. The summed E-state index contributed by atoms with van der Waals surface area (Å²) in [5, 5.41) is 10.3. The number of aromatic nitrogens is 2. The number of nitrogens with zero attached hydrogens (tertiary/aromatic N) is 4. The van der Waals surface area contributed by atoms with Gasteiger partial charge in [0.15, 0.2) is 0 Å². The molecular formula is C9H9N5OS. The molecule has 16 heavy (non-hydrogen) atoms. The van der Waals surface area contributed by atoms with Crippen LogP contribution in [0, 0.1) is 0 Å². The van der Waals surface area contributed by atoms with Gasteiger partial charge in [0.05, 0.1) is 5.69 Å². The molecule has 1 N–H and O–H groups in total. The van der Waals surface area contributed by atoms with Gasteiger partial charge in [-0.3, -0.25) is 14.6 Å². The van der Waals surface area contributed by atoms with Crippen LogP contribution in [0.2, 0.25) is 0 Å². The number of H-pyrrole nitrogens is 1. The first-order chi connectivity index (χ1) is 7.81. The fourth-order valence-corrected chi connectivity index (χ4v) is 2.01. The number of hydrogen-bond donors (Lipinski definition) is 1. The summed E-state index contributed by atoms with van der Waals surface area (Å²) in [6, 6.07) is 3.48. The molecule has 0 radical (unpaired) electrons. The number of thiophene rings is 1. The summed E-state index contributed by atoms with van der Waals surface area (Å²) in [7, 11) is 0. The third kappa shape index (κ3) is 2.16. The second-order valence-corrected chi connectivity index (χ2v) is 3.91. The predicted molar refractivity (Wildman–Crippen MR) is 62.4 cm³/mol. The van der Waals surface area contributed by atoms with E-state index in [1.165, 1.54) is 10.7 Å². The molecule has 0 saturated heterocycles. The molecule has 2 rings (SSSR count). The standard InChI is InChI=1S/C9H9N5OS/c10-13-11-2-3-14-9(15)5-8(12-14)7-1-4-16-6-7/h1,4-6,12H,2-3H2. The molecule has 6 nitrogen and oxygen atoms in total. The second-order valence-electron chi connectivity index (χ2n) is 3.13. The minimum absolute atomic E-state index is 0.116. The van der Waals surface area contributed by atoms with Crippen molar-refractivity contribution in [3.05, 3.63) is 43.7 Å². The van der Waals surface area contributed by atoms with Gasteiger partial charge in [-0.2, -0.15) is 11.3 Å². The van der Waals surface area contributed by atoms with E-state index in [0.29, 0.717) is 6.54 Å². The lowest BCUT2D eigenvalue weighted by Gasteiger charge is -1.97. The summed E-state index contributed by atoms with van der Waals surface area (Å²) in [5.41, 5.74) is 9.79. The summed E-state index contributed by atoms with van der Waals surface area (Å²) < 4.78 is 1.43. The van der Waals surface area contributed by atoms with Crippen molar-refractivity contribution in [1.29, 1.82) is 0 Å². The molecule has 0 amide bonds. The van der Waals surface area contributed by atoms with Crippen LogP contribution < -0.4 is 5.56 Å². The van der Waals surface area contributed by atoms with Crippen molar-refractivity contribution in [1.82, 2.24) is 9.78 Å². The van der Waals surface area contributed by atoms with Crippen LogP contribution in [0.15, 0.2) is 32.8 Å². The van der Waals surface area contributed by atoms with Crippen molar-refractivity contribution in [3.8, 4) is 11.3 Å². The molecule has 0 bridgehead atoms. The molecule has 0 aliphatic rings. The zero-order valence-electron chi connectivity index (χ0n) is 8.33. The van der Waals surface area contributed by atoms with Crippen molar-refractivity contribution < 1.29 is 0 Å². The Balaban J connectivity index is 2.22. The molecule has 2 aromatic rings. The van der Waals surface area contributed by atoms with E-state index in [9.17, 15) is 4.79 Å². The number of nitrogens with one attached hydrogen (secondary N) is 1. The Kier molecular flexibility index (Phi) is 3.09. The highest BCUT2D eigenvalue weighted by Crippen LogP contribution is 2.18. The van der Waals surface area contributed by atoms with Crippen LogP contribution in [0.4, 0.5) is 0 Å². The maximum atomic E-state index is 11.5. The smallest absolute Gasteiger partial charge is 0.267 e. The maximum absolute atomic E-state index is 11.5. The van der Waals surface area contributed by atoms with Crippen LogP contribution in [0.1, 0.15) is 0 Å². The summed E-state index contributed by atoms with van der Waals surface area (Å²) in [4.78, 5) is 14.2. The average Bonchev–Trinajstić information content (AvgIpc) is 2.88. The number of rotatable bonds is 4. The van der Waals surface area contributed by atoms with Gasteiger partial charge < -0.3 is 0 Å². The Labute approximate surface area is 94.8 Å². The Bertz CT molecular complexity index is 561. The third-order valence-corrected chi connectivity index (χ3v) is 2.79. The van der Waals surface area contributed by atoms with E-state index in [-0.39, 0.29) is 12.1 Å². The van der Waals surface area contributed by atoms with Gasteiger partial charge in [0, 0.05) is 35.0 Å². The lowest BCUT2D eigenvalue weighted by Crippen LogP contribution is -2.17. The van der Waals surface area contributed by atoms with Crippen molar-refractivity contribution in [3.63, 3.8) is 0 Å². The average molecular weight is 235 g/mol. The SMILES string of the molecule is [N-]=[N+]=NCCn1[nH]c(-c2ccsc2)cc1=O. The fourth-order valence-electron chi connectivity index (χ4n) is 1.36. The van der Waals surface area contributed by atoms with Gasteiger partial charge in [-0.1, -0.05) is 5.11 Å². The normalized spacial score (nSPS) is 10.0. The highest BCUT2D eigenvalue weighted by atomic mass is 32.1. The molecule has 2 aromatic heterocycles. The van der Waals surface area contributed by atoms with Crippen molar-refractivity contribution >= 4 is 11.3 Å². The van der Waals surface area contributed by atoms with Gasteiger partial charge in [0.2, 0.25) is 0 Å². The molecule has 0 aromatic carbocycles. The van der Waals surface area contributed by atoms with E-state index in [1.54, 1.807) is 11.3 Å². The van der Waals surface area contributed by atoms with Gasteiger partial charge in [0.1, 0.15) is 0 Å². The Morgan fingerprint density at radius 3 is 3.19 bits per heavy atom. The number of aromatic amines is 1. The van der Waals surface area contributed by atoms with E-state index in [2.05, 4.69) is 15.1 Å². The summed E-state index contributed by atoms with van der Waals surface area (Å²) in [5.74, 6) is 0. The van der Waals surface area contributed by atoms with Gasteiger partial charge in [-0.05, 0) is 17.0 Å². The molecule has 0 fully saturated rings. The molecular weight excluding hydrogens is 226 g/mol. The molecule has 0 unspecified atom stereocenters. The van der Waals surface area contributed by atoms with Crippen LogP contribution >= 0.6 is 11.3 Å². The van der Waals surface area contributed by atoms with Gasteiger partial charge >= 0.3 is 0 Å². The van der Waals surface area contributed by atoms with Gasteiger partial charge in [-0.25, -0.2) is 0 Å². The first-order valence-corrected chi connectivity index (χ1v) is 5.59. The minimum Gasteiger partial charge on any atom is -0.295 e. The van der Waals surface area contributed by atoms with Crippen LogP contribution in [0.3, 0.4) is 0 Å². The molecule has 0 aliphatic heterocycles. The van der Waals surface area contributed by atoms with Crippen LogP contribution in [-0.4, -0.2) is 16.3 Å². The number of hydrogen-bond acceptors (Lipinski definition) is 3. The van der Waals surface area contributed by atoms with Crippen LogP contribution in [-0.2, 0) is 6.54 Å². The summed E-state index contributed by atoms with van der Waals surface area (Å²) in [6.07, 6.45) is 0. The topological polar surface area (TPSA) is 86.6 Å². The Morgan fingerprint density at radius 1 is 1.62 bits per heavy atom. The Morgan fingerprint density at radius 2 is 2.50 bits per heavy atom. The molecule has 7 heteroatoms. The molecule has 0 aliphatic carbocycles. The molecule has 82 valence electrons. The first kappa shape index (κ1) is 10.5. The summed E-state index contributed by atoms with van der Waals surface area (Å²) >= 11 is 1.57. The number of azide groups is 1. The monoisotopic (exact) mass is 235 g/mol. The molecule has 2 heterocycles. The van der Waals surface area contributed by atoms with Crippen molar-refractivity contribution in [2.24, 2.45) is 5.11 Å². The van der Waals surface area contributed by atoms with Crippen LogP contribution in [0.25, 0.3) is 21.7 Å². The second kappa shape index (κ2) is 4.69. The van der Waals surface area contributed by atoms with Gasteiger partial charge in [0.25, 0.3) is 5.56 Å². The fraction of sp³-hybridized carbons (Fsp3) is 0.222. The zero-order valence-corrected chi connectivity index (χ0v) is 9.15. The lowest BCUT2D eigenvalue weighted by atomic mass is 10.2. The predicted octanol–water partition coefficient (Wildman–Crippen LogP) is 2.22. The van der Waals surface area contributed by atoms with E-state index < -0.39 is 0 Å². The van der Waals surface area contributed by atoms with Crippen molar-refractivity contribution in [2.75, 3.05) is 6.54 Å². The van der Waals surface area contributed by atoms with E-state index in [0.717, 1.165) is 11.3 Å². The van der Waals surface area contributed by atoms with E-state index >= 15 is 0 Å². The summed E-state index contributed by atoms with van der Waals surface area (Å²) in [6.45, 7) is 0.632. The maximum Gasteiger partial charge on any atom is 0.267 e. The quantitative estimate of drug-likeness (QED) is 0.491. The molecule has 0 saturated carbocycles. The lowest BCUT2D eigenvalue weighted by molar-refractivity contribution is 0.607. The highest BCUT2D eigenvalue weighted by Gasteiger charge is 2.04. The van der Waals surface area contributed by atoms with E-state index in [1.807, 2.05) is 16.8 Å². The minimum atomic E-state index is -0.116. The van der Waals surface area contributed by atoms with Crippen molar-refractivity contribution in [2.45, 2.75) is 6.54 Å².